The Balaban J connectivity index is 0.00000261. The number of benzene rings is 1. The number of nitrogens with two attached hydrogens (primary N) is 1. The van der Waals surface area contributed by atoms with E-state index in [9.17, 15) is 14.0 Å². The highest BCUT2D eigenvalue weighted by Crippen LogP contribution is 2.32. The first-order valence-electron chi connectivity index (χ1n) is 8.93. The Bertz CT molecular complexity index is 652. The summed E-state index contributed by atoms with van der Waals surface area (Å²) in [6, 6.07) is 5.21. The van der Waals surface area contributed by atoms with Gasteiger partial charge in [0.15, 0.2) is 0 Å². The summed E-state index contributed by atoms with van der Waals surface area (Å²) in [6.07, 6.45) is 1.03. The van der Waals surface area contributed by atoms with Gasteiger partial charge in [-0.25, -0.2) is 4.39 Å². The number of hydrogen-bond acceptors (Lipinski definition) is 6. The first-order valence-corrected chi connectivity index (χ1v) is 8.93. The maximum atomic E-state index is 13.2. The van der Waals surface area contributed by atoms with Crippen LogP contribution in [0.15, 0.2) is 24.3 Å². The summed E-state index contributed by atoms with van der Waals surface area (Å²) in [5.74, 6) is -1.49. The van der Waals surface area contributed by atoms with Gasteiger partial charge in [0, 0.05) is 5.92 Å². The predicted molar refractivity (Wildman–Crippen MR) is 97.8 cm³/mol. The monoisotopic (exact) mass is 401 g/mol. The second kappa shape index (κ2) is 9.48. The first-order chi connectivity index (χ1) is 12.4. The standard InChI is InChI=1S/C19H24FNO5.ClH/c1-11-15(8-12-2-6-14(20)7-3-12)17(26-18(22)13-4-5-13)10-24-9-16(21)19(23)25-11;/h2-3,6-7,11,13,15-17H,4-5,8-10,21H2,1H3;1H/t11-,15-,16-,17-;/m0./s1. The fourth-order valence-corrected chi connectivity index (χ4v) is 3.04. The Morgan fingerprint density at radius 1 is 1.26 bits per heavy atom. The molecule has 1 heterocycles. The van der Waals surface area contributed by atoms with Crippen molar-refractivity contribution >= 4 is 24.3 Å². The molecule has 0 bridgehead atoms. The van der Waals surface area contributed by atoms with Crippen LogP contribution in [0.4, 0.5) is 4.39 Å². The topological polar surface area (TPSA) is 87.8 Å². The number of rotatable bonds is 4. The van der Waals surface area contributed by atoms with E-state index >= 15 is 0 Å². The van der Waals surface area contributed by atoms with Crippen LogP contribution in [-0.4, -0.2) is 43.4 Å². The molecule has 2 N–H and O–H groups in total. The van der Waals surface area contributed by atoms with Crippen molar-refractivity contribution in [2.24, 2.45) is 17.6 Å². The molecule has 2 fully saturated rings. The van der Waals surface area contributed by atoms with E-state index in [1.807, 2.05) is 0 Å². The maximum Gasteiger partial charge on any atom is 0.325 e. The van der Waals surface area contributed by atoms with Crippen LogP contribution in [0.1, 0.15) is 25.3 Å². The average Bonchev–Trinajstić information content (AvgIpc) is 3.44. The van der Waals surface area contributed by atoms with Crippen molar-refractivity contribution in [3.8, 4) is 0 Å². The van der Waals surface area contributed by atoms with Gasteiger partial charge in [-0.1, -0.05) is 12.1 Å². The highest BCUT2D eigenvalue weighted by Gasteiger charge is 2.39. The van der Waals surface area contributed by atoms with Crippen LogP contribution in [0.2, 0.25) is 0 Å². The molecule has 0 aromatic heterocycles. The van der Waals surface area contributed by atoms with Crippen LogP contribution in [0.25, 0.3) is 0 Å². The SMILES string of the molecule is C[C@@H]1OC(=O)[C@@H](N)COC[C@H](OC(=O)C2CC2)[C@H]1Cc1ccc(F)cc1.Cl. The Morgan fingerprint density at radius 3 is 2.56 bits per heavy atom. The molecule has 1 aromatic rings. The summed E-state index contributed by atoms with van der Waals surface area (Å²) in [6.45, 7) is 1.90. The molecule has 1 aromatic carbocycles. The number of hydrogen-bond donors (Lipinski definition) is 1. The van der Waals surface area contributed by atoms with Crippen LogP contribution in [0, 0.1) is 17.7 Å². The molecule has 27 heavy (non-hydrogen) atoms. The number of carbonyl (C=O) groups is 2. The molecule has 150 valence electrons. The predicted octanol–water partition coefficient (Wildman–Crippen LogP) is 2.02. The smallest absolute Gasteiger partial charge is 0.325 e. The fraction of sp³-hybridized carbons (Fsp3) is 0.579. The molecule has 0 spiro atoms. The molecule has 3 rings (SSSR count). The van der Waals surface area contributed by atoms with Gasteiger partial charge in [-0.15, -0.1) is 12.4 Å². The van der Waals surface area contributed by atoms with Gasteiger partial charge in [0.2, 0.25) is 0 Å². The Kier molecular flexibility index (Phi) is 7.59. The minimum Gasteiger partial charge on any atom is -0.461 e. The quantitative estimate of drug-likeness (QED) is 0.776. The van der Waals surface area contributed by atoms with Crippen LogP contribution in [0.3, 0.4) is 0 Å². The lowest BCUT2D eigenvalue weighted by atomic mass is 9.89. The molecule has 0 amide bonds. The number of halogens is 2. The molecule has 6 nitrogen and oxygen atoms in total. The van der Waals surface area contributed by atoms with Crippen molar-refractivity contribution < 1.29 is 28.2 Å². The Morgan fingerprint density at radius 2 is 1.93 bits per heavy atom. The third-order valence-corrected chi connectivity index (χ3v) is 4.83. The van der Waals surface area contributed by atoms with Crippen molar-refractivity contribution in [1.29, 1.82) is 0 Å². The highest BCUT2D eigenvalue weighted by atomic mass is 35.5. The van der Waals surface area contributed by atoms with Crippen molar-refractivity contribution in [3.05, 3.63) is 35.6 Å². The van der Waals surface area contributed by atoms with E-state index in [0.717, 1.165) is 18.4 Å². The lowest BCUT2D eigenvalue weighted by Gasteiger charge is -2.30. The van der Waals surface area contributed by atoms with Gasteiger partial charge in [-0.2, -0.15) is 0 Å². The second-order valence-corrected chi connectivity index (χ2v) is 7.03. The van der Waals surface area contributed by atoms with E-state index in [1.54, 1.807) is 19.1 Å². The van der Waals surface area contributed by atoms with Crippen LogP contribution in [0.5, 0.6) is 0 Å². The maximum absolute atomic E-state index is 13.2. The Labute approximate surface area is 163 Å². The summed E-state index contributed by atoms with van der Waals surface area (Å²) in [4.78, 5) is 24.2. The molecule has 8 heteroatoms. The van der Waals surface area contributed by atoms with E-state index in [4.69, 9.17) is 19.9 Å². The van der Waals surface area contributed by atoms with Gasteiger partial charge in [0.25, 0.3) is 0 Å². The van der Waals surface area contributed by atoms with Crippen LogP contribution >= 0.6 is 12.4 Å². The zero-order chi connectivity index (χ0) is 18.7. The molecule has 1 aliphatic carbocycles. The summed E-state index contributed by atoms with van der Waals surface area (Å²) in [5, 5.41) is 0. The lowest BCUT2D eigenvalue weighted by Crippen LogP contribution is -2.41. The van der Waals surface area contributed by atoms with Gasteiger partial charge in [0.1, 0.15) is 24.1 Å². The number of ether oxygens (including phenoxy) is 3. The third kappa shape index (κ3) is 5.89. The number of esters is 2. The highest BCUT2D eigenvalue weighted by molar-refractivity contribution is 5.85. The van der Waals surface area contributed by atoms with E-state index in [0.29, 0.717) is 6.42 Å². The van der Waals surface area contributed by atoms with Crippen molar-refractivity contribution in [1.82, 2.24) is 0 Å². The summed E-state index contributed by atoms with van der Waals surface area (Å²) in [5.41, 5.74) is 6.61. The minimum absolute atomic E-state index is 0. The fourth-order valence-electron chi connectivity index (χ4n) is 3.04. The molecular formula is C19H25ClFNO5. The minimum atomic E-state index is -0.873. The van der Waals surface area contributed by atoms with Crippen molar-refractivity contribution in [2.75, 3.05) is 13.2 Å². The van der Waals surface area contributed by atoms with E-state index in [2.05, 4.69) is 0 Å². The second-order valence-electron chi connectivity index (χ2n) is 7.03. The normalized spacial score (nSPS) is 28.8. The Hall–Kier alpha value is -1.70. The van der Waals surface area contributed by atoms with Gasteiger partial charge < -0.3 is 19.9 Å². The first kappa shape index (κ1) is 21.6. The zero-order valence-electron chi connectivity index (χ0n) is 15.1. The number of carbonyl (C=O) groups excluding carboxylic acids is 2. The average molecular weight is 402 g/mol. The molecule has 2 aliphatic rings. The molecule has 0 unspecified atom stereocenters. The molecular weight excluding hydrogens is 377 g/mol. The summed E-state index contributed by atoms with van der Waals surface area (Å²) < 4.78 is 29.9. The summed E-state index contributed by atoms with van der Waals surface area (Å²) in [7, 11) is 0. The van der Waals surface area contributed by atoms with E-state index in [-0.39, 0.29) is 49.2 Å². The van der Waals surface area contributed by atoms with Gasteiger partial charge in [-0.05, 0) is 43.9 Å². The van der Waals surface area contributed by atoms with Gasteiger partial charge >= 0.3 is 11.9 Å². The number of cyclic esters (lactones) is 1. The third-order valence-electron chi connectivity index (χ3n) is 4.83. The molecule has 4 atom stereocenters. The van der Waals surface area contributed by atoms with E-state index in [1.165, 1.54) is 12.1 Å². The van der Waals surface area contributed by atoms with Crippen LogP contribution in [-0.2, 0) is 30.2 Å². The molecule has 0 radical (unpaired) electrons. The largest absolute Gasteiger partial charge is 0.461 e. The van der Waals surface area contributed by atoms with Crippen LogP contribution < -0.4 is 5.73 Å². The lowest BCUT2D eigenvalue weighted by molar-refractivity contribution is -0.162. The summed E-state index contributed by atoms with van der Waals surface area (Å²) >= 11 is 0. The van der Waals surface area contributed by atoms with E-state index < -0.39 is 24.2 Å². The molecule has 1 aliphatic heterocycles. The van der Waals surface area contributed by atoms with Gasteiger partial charge in [-0.3, -0.25) is 9.59 Å². The molecule has 1 saturated carbocycles. The van der Waals surface area contributed by atoms with Crippen molar-refractivity contribution in [3.63, 3.8) is 0 Å². The zero-order valence-corrected chi connectivity index (χ0v) is 16.0. The van der Waals surface area contributed by atoms with Crippen molar-refractivity contribution in [2.45, 2.75) is 44.4 Å². The van der Waals surface area contributed by atoms with Gasteiger partial charge in [0.05, 0.1) is 19.1 Å². The molecule has 1 saturated heterocycles.